The van der Waals surface area contributed by atoms with Crippen LogP contribution in [0.4, 0.5) is 0 Å². The van der Waals surface area contributed by atoms with Gasteiger partial charge < -0.3 is 4.90 Å². The maximum absolute atomic E-state index is 12.4. The van der Waals surface area contributed by atoms with E-state index in [1.165, 1.54) is 4.31 Å². The third-order valence-corrected chi connectivity index (χ3v) is 5.68. The molecule has 1 N–H and O–H groups in total. The van der Waals surface area contributed by atoms with Crippen molar-refractivity contribution < 1.29 is 13.2 Å². The monoisotopic (exact) mass is 305 g/mol. The van der Waals surface area contributed by atoms with Gasteiger partial charge in [-0.25, -0.2) is 0 Å². The molecule has 0 unspecified atom stereocenters. The van der Waals surface area contributed by atoms with Crippen molar-refractivity contribution in [2.45, 2.75) is 59.0 Å². The Balaban J connectivity index is 2.70. The van der Waals surface area contributed by atoms with Gasteiger partial charge in [-0.05, 0) is 33.1 Å². The zero-order valence-electron chi connectivity index (χ0n) is 12.9. The molecular formula is C13H27N3O3S. The molecule has 7 heteroatoms. The van der Waals surface area contributed by atoms with E-state index in [1.54, 1.807) is 25.7 Å². The van der Waals surface area contributed by atoms with E-state index in [4.69, 9.17) is 0 Å². The lowest BCUT2D eigenvalue weighted by Crippen LogP contribution is -2.53. The minimum Gasteiger partial charge on any atom is -0.339 e. The van der Waals surface area contributed by atoms with Gasteiger partial charge in [0.15, 0.2) is 0 Å². The van der Waals surface area contributed by atoms with Crippen LogP contribution >= 0.6 is 0 Å². The summed E-state index contributed by atoms with van der Waals surface area (Å²) in [4.78, 5) is 14.2. The number of likely N-dealkylation sites (tertiary alicyclic amines) is 1. The number of hydrogen-bond donors (Lipinski definition) is 1. The van der Waals surface area contributed by atoms with Gasteiger partial charge in [-0.3, -0.25) is 4.79 Å². The normalized spacial score (nSPS) is 22.1. The lowest BCUT2D eigenvalue weighted by Gasteiger charge is -2.35. The van der Waals surface area contributed by atoms with Gasteiger partial charge in [0.1, 0.15) is 0 Å². The van der Waals surface area contributed by atoms with E-state index < -0.39 is 16.3 Å². The van der Waals surface area contributed by atoms with Gasteiger partial charge in [0.2, 0.25) is 5.91 Å². The highest BCUT2D eigenvalue weighted by Gasteiger charge is 2.30. The third-order valence-electron chi connectivity index (χ3n) is 3.83. The van der Waals surface area contributed by atoms with Crippen molar-refractivity contribution in [1.29, 1.82) is 0 Å². The molecule has 2 atom stereocenters. The Labute approximate surface area is 122 Å². The standard InChI is InChI=1S/C13H27N3O3S/c1-5-15(6-2)20(18,19)14-12(4)13(17)16-10-8-7-9-11(16)3/h11-12,14H,5-10H2,1-4H3/t11-,12+/m1/s1. The third kappa shape index (κ3) is 4.17. The molecule has 0 aromatic heterocycles. The van der Waals surface area contributed by atoms with Crippen LogP contribution in [0.5, 0.6) is 0 Å². The molecule has 20 heavy (non-hydrogen) atoms. The van der Waals surface area contributed by atoms with Gasteiger partial charge in [0.05, 0.1) is 6.04 Å². The average Bonchev–Trinajstić information content (AvgIpc) is 2.39. The molecule has 0 aromatic rings. The maximum Gasteiger partial charge on any atom is 0.280 e. The summed E-state index contributed by atoms with van der Waals surface area (Å²) in [7, 11) is -3.59. The number of nitrogens with one attached hydrogen (secondary N) is 1. The quantitative estimate of drug-likeness (QED) is 0.794. The van der Waals surface area contributed by atoms with Crippen molar-refractivity contribution in [2.75, 3.05) is 19.6 Å². The van der Waals surface area contributed by atoms with E-state index >= 15 is 0 Å². The van der Waals surface area contributed by atoms with Crippen molar-refractivity contribution in [2.24, 2.45) is 0 Å². The SMILES string of the molecule is CCN(CC)S(=O)(=O)N[C@@H](C)C(=O)N1CCCC[C@H]1C. The molecule has 118 valence electrons. The van der Waals surface area contributed by atoms with E-state index in [9.17, 15) is 13.2 Å². The fourth-order valence-electron chi connectivity index (χ4n) is 2.59. The van der Waals surface area contributed by atoms with Crippen LogP contribution in [-0.4, -0.2) is 55.2 Å². The van der Waals surface area contributed by atoms with Crippen LogP contribution < -0.4 is 4.72 Å². The molecule has 1 aliphatic rings. The van der Waals surface area contributed by atoms with Gasteiger partial charge in [0, 0.05) is 25.7 Å². The molecule has 0 aliphatic carbocycles. The molecule has 1 heterocycles. The molecule has 1 fully saturated rings. The van der Waals surface area contributed by atoms with E-state index in [0.29, 0.717) is 13.1 Å². The van der Waals surface area contributed by atoms with Crippen LogP contribution in [0.2, 0.25) is 0 Å². The van der Waals surface area contributed by atoms with Crippen LogP contribution in [0.25, 0.3) is 0 Å². The number of nitrogens with zero attached hydrogens (tertiary/aromatic N) is 2. The van der Waals surface area contributed by atoms with E-state index in [0.717, 1.165) is 25.8 Å². The first-order chi connectivity index (χ1) is 9.33. The fourth-order valence-corrected chi connectivity index (χ4v) is 3.96. The van der Waals surface area contributed by atoms with Crippen molar-refractivity contribution >= 4 is 16.1 Å². The number of hydrogen-bond acceptors (Lipinski definition) is 3. The second-order valence-electron chi connectivity index (χ2n) is 5.31. The van der Waals surface area contributed by atoms with Crippen LogP contribution in [0, 0.1) is 0 Å². The topological polar surface area (TPSA) is 69.7 Å². The van der Waals surface area contributed by atoms with Crippen molar-refractivity contribution in [3.63, 3.8) is 0 Å². The first kappa shape index (κ1) is 17.4. The van der Waals surface area contributed by atoms with Gasteiger partial charge in [-0.1, -0.05) is 13.8 Å². The minimum atomic E-state index is -3.59. The van der Waals surface area contributed by atoms with Crippen LogP contribution in [0.1, 0.15) is 47.0 Å². The number of rotatable bonds is 6. The molecule has 0 bridgehead atoms. The summed E-state index contributed by atoms with van der Waals surface area (Å²) in [6, 6.07) is -0.530. The largest absolute Gasteiger partial charge is 0.339 e. The molecule has 0 radical (unpaired) electrons. The van der Waals surface area contributed by atoms with Gasteiger partial charge in [-0.2, -0.15) is 17.4 Å². The highest BCUT2D eigenvalue weighted by molar-refractivity contribution is 7.87. The number of carbonyl (C=O) groups is 1. The Hall–Kier alpha value is -0.660. The predicted molar refractivity (Wildman–Crippen MR) is 79.5 cm³/mol. The van der Waals surface area contributed by atoms with Crippen LogP contribution in [-0.2, 0) is 15.0 Å². The maximum atomic E-state index is 12.4. The lowest BCUT2D eigenvalue weighted by atomic mass is 10.0. The Kier molecular flexibility index (Phi) is 6.42. The summed E-state index contributed by atoms with van der Waals surface area (Å²) >= 11 is 0. The molecule has 0 aromatic carbocycles. The summed E-state index contributed by atoms with van der Waals surface area (Å²) < 4.78 is 28.0. The molecule has 0 saturated carbocycles. The summed E-state index contributed by atoms with van der Waals surface area (Å²) in [5.74, 6) is -0.132. The lowest BCUT2D eigenvalue weighted by molar-refractivity contribution is -0.135. The van der Waals surface area contributed by atoms with Crippen molar-refractivity contribution in [1.82, 2.24) is 13.9 Å². The Bertz CT molecular complexity index is 421. The summed E-state index contributed by atoms with van der Waals surface area (Å²) in [6.45, 7) is 8.70. The smallest absolute Gasteiger partial charge is 0.280 e. The first-order valence-corrected chi connectivity index (χ1v) is 8.85. The second-order valence-corrected chi connectivity index (χ2v) is 7.01. The minimum absolute atomic E-state index is 0.132. The highest BCUT2D eigenvalue weighted by Crippen LogP contribution is 2.17. The zero-order valence-corrected chi connectivity index (χ0v) is 13.7. The van der Waals surface area contributed by atoms with Gasteiger partial charge in [0.25, 0.3) is 10.2 Å². The molecule has 1 aliphatic heterocycles. The summed E-state index contributed by atoms with van der Waals surface area (Å²) in [5, 5.41) is 0. The first-order valence-electron chi connectivity index (χ1n) is 7.41. The molecule has 0 spiro atoms. The molecule has 6 nitrogen and oxygen atoms in total. The van der Waals surface area contributed by atoms with Crippen LogP contribution in [0.3, 0.4) is 0 Å². The number of piperidine rings is 1. The molecular weight excluding hydrogens is 278 g/mol. The second kappa shape index (κ2) is 7.38. The Morgan fingerprint density at radius 2 is 1.95 bits per heavy atom. The Morgan fingerprint density at radius 1 is 1.35 bits per heavy atom. The number of carbonyl (C=O) groups excluding carboxylic acids is 1. The zero-order chi connectivity index (χ0) is 15.3. The highest BCUT2D eigenvalue weighted by atomic mass is 32.2. The molecule has 1 rings (SSSR count). The summed E-state index contributed by atoms with van der Waals surface area (Å²) in [6.07, 6.45) is 3.11. The van der Waals surface area contributed by atoms with E-state index in [2.05, 4.69) is 4.72 Å². The van der Waals surface area contributed by atoms with Crippen molar-refractivity contribution in [3.05, 3.63) is 0 Å². The predicted octanol–water partition coefficient (Wildman–Crippen LogP) is 0.952. The van der Waals surface area contributed by atoms with Gasteiger partial charge in [-0.15, -0.1) is 0 Å². The van der Waals surface area contributed by atoms with E-state index in [-0.39, 0.29) is 11.9 Å². The average molecular weight is 305 g/mol. The number of amides is 1. The van der Waals surface area contributed by atoms with Gasteiger partial charge >= 0.3 is 0 Å². The van der Waals surface area contributed by atoms with Crippen molar-refractivity contribution in [3.8, 4) is 0 Å². The Morgan fingerprint density at radius 3 is 2.45 bits per heavy atom. The molecule has 1 amide bonds. The van der Waals surface area contributed by atoms with E-state index in [1.807, 2.05) is 6.92 Å². The molecule has 1 saturated heterocycles. The summed E-state index contributed by atoms with van der Waals surface area (Å²) in [5.41, 5.74) is 0. The fraction of sp³-hybridized carbons (Fsp3) is 0.923. The van der Waals surface area contributed by atoms with Crippen LogP contribution in [0.15, 0.2) is 0 Å².